The molecule has 0 spiro atoms. The maximum atomic E-state index is 11.6. The quantitative estimate of drug-likeness (QED) is 0.427. The lowest BCUT2D eigenvalue weighted by Gasteiger charge is -2.27. The van der Waals surface area contributed by atoms with E-state index in [0.29, 0.717) is 23.0 Å². The van der Waals surface area contributed by atoms with Gasteiger partial charge in [-0.3, -0.25) is 9.78 Å². The Hall–Kier alpha value is -3.46. The molecule has 4 aromatic rings. The number of imidazole rings is 1. The van der Waals surface area contributed by atoms with Crippen LogP contribution >= 0.6 is 11.6 Å². The summed E-state index contributed by atoms with van der Waals surface area (Å²) in [6.07, 6.45) is 5.75. The Bertz CT molecular complexity index is 1310. The van der Waals surface area contributed by atoms with Gasteiger partial charge in [-0.2, -0.15) is 0 Å². The van der Waals surface area contributed by atoms with Crippen molar-refractivity contribution in [2.45, 2.75) is 32.4 Å². The predicted octanol–water partition coefficient (Wildman–Crippen LogP) is 3.44. The number of hydrogen-bond donors (Lipinski definition) is 3. The maximum absolute atomic E-state index is 11.6. The van der Waals surface area contributed by atoms with Crippen molar-refractivity contribution in [2.75, 3.05) is 23.3 Å². The Morgan fingerprint density at radius 3 is 3.03 bits per heavy atom. The number of nitrogens with zero attached hydrogens (tertiary/aromatic N) is 5. The minimum atomic E-state index is -0.130. The van der Waals surface area contributed by atoms with Crippen LogP contribution in [0.3, 0.4) is 0 Å². The highest BCUT2D eigenvalue weighted by Gasteiger charge is 2.29. The van der Waals surface area contributed by atoms with E-state index in [1.54, 1.807) is 19.4 Å². The number of rotatable bonds is 5. The molecule has 0 radical (unpaired) electrons. The molecule has 1 saturated heterocycles. The molecule has 10 heteroatoms. The van der Waals surface area contributed by atoms with Gasteiger partial charge in [0.05, 0.1) is 28.6 Å². The molecule has 4 heterocycles. The molecule has 1 fully saturated rings. The second-order valence-electron chi connectivity index (χ2n) is 8.02. The number of carbonyl (C=O) groups is 1. The van der Waals surface area contributed by atoms with Crippen LogP contribution in [-0.2, 0) is 4.79 Å². The fourth-order valence-electron chi connectivity index (χ4n) is 4.39. The largest absolute Gasteiger partial charge is 0.367 e. The van der Waals surface area contributed by atoms with Crippen molar-refractivity contribution in [1.29, 1.82) is 0 Å². The SMILES string of the molecule is CC(=O)NC1CCN(c2c(C(C)Nc3ncnc4nc[nH]c34)cc(Cl)c3cccnc23)C1. The summed E-state index contributed by atoms with van der Waals surface area (Å²) >= 11 is 6.68. The van der Waals surface area contributed by atoms with Gasteiger partial charge in [0.25, 0.3) is 0 Å². The summed E-state index contributed by atoms with van der Waals surface area (Å²) in [5.41, 5.74) is 4.23. The standard InChI is InChI=1S/C22H23ClN8O/c1-12(29-22-19-21(26-10-25-19)27-11-28-22)16-8-17(23)15-4-3-6-24-18(15)20(16)31-7-5-14(9-31)30-13(2)32/h3-4,6,8,10-12,14H,5,7,9H2,1-2H3,(H,30,32)(H2,25,26,27,28,29). The molecule has 3 aromatic heterocycles. The van der Waals surface area contributed by atoms with Crippen LogP contribution in [-0.4, -0.2) is 50.0 Å². The van der Waals surface area contributed by atoms with Crippen LogP contribution in [0.4, 0.5) is 11.5 Å². The molecule has 1 aliphatic rings. The van der Waals surface area contributed by atoms with E-state index in [-0.39, 0.29) is 18.0 Å². The Balaban J connectivity index is 1.57. The first-order valence-corrected chi connectivity index (χ1v) is 10.9. The van der Waals surface area contributed by atoms with E-state index in [0.717, 1.165) is 40.6 Å². The van der Waals surface area contributed by atoms with Crippen LogP contribution in [0.15, 0.2) is 37.1 Å². The third-order valence-electron chi connectivity index (χ3n) is 5.80. The maximum Gasteiger partial charge on any atom is 0.217 e. The van der Waals surface area contributed by atoms with Crippen LogP contribution in [0, 0.1) is 0 Å². The zero-order chi connectivity index (χ0) is 22.2. The molecule has 2 unspecified atom stereocenters. The number of anilines is 2. The van der Waals surface area contributed by atoms with Gasteiger partial charge in [0.15, 0.2) is 11.5 Å². The summed E-state index contributed by atoms with van der Waals surface area (Å²) in [6, 6.07) is 5.84. The molecular weight excluding hydrogens is 428 g/mol. The molecular formula is C22H23ClN8O. The summed E-state index contributed by atoms with van der Waals surface area (Å²) in [5.74, 6) is 0.652. The van der Waals surface area contributed by atoms with Gasteiger partial charge in [-0.25, -0.2) is 15.0 Å². The zero-order valence-corrected chi connectivity index (χ0v) is 18.5. The average Bonchev–Trinajstić information content (AvgIpc) is 3.43. The van der Waals surface area contributed by atoms with Crippen LogP contribution in [0.2, 0.25) is 5.02 Å². The summed E-state index contributed by atoms with van der Waals surface area (Å²) in [6.45, 7) is 5.15. The van der Waals surface area contributed by atoms with Gasteiger partial charge in [0, 0.05) is 43.2 Å². The van der Waals surface area contributed by atoms with Crippen molar-refractivity contribution >= 4 is 51.1 Å². The number of aromatic amines is 1. The molecule has 1 aromatic carbocycles. The molecule has 1 amide bonds. The first-order valence-electron chi connectivity index (χ1n) is 10.5. The Labute approximate surface area is 189 Å². The molecule has 2 atom stereocenters. The van der Waals surface area contributed by atoms with Crippen molar-refractivity contribution in [3.63, 3.8) is 0 Å². The van der Waals surface area contributed by atoms with E-state index >= 15 is 0 Å². The first-order chi connectivity index (χ1) is 15.5. The number of H-pyrrole nitrogens is 1. The number of carbonyl (C=O) groups excluding carboxylic acids is 1. The molecule has 164 valence electrons. The molecule has 0 aliphatic carbocycles. The van der Waals surface area contributed by atoms with E-state index < -0.39 is 0 Å². The van der Waals surface area contributed by atoms with Gasteiger partial charge >= 0.3 is 0 Å². The molecule has 9 nitrogen and oxygen atoms in total. The Morgan fingerprint density at radius 1 is 1.31 bits per heavy atom. The van der Waals surface area contributed by atoms with E-state index in [1.165, 1.54) is 6.33 Å². The number of hydrogen-bond acceptors (Lipinski definition) is 7. The number of fused-ring (bicyclic) bond motifs is 2. The van der Waals surface area contributed by atoms with Crippen molar-refractivity contribution in [2.24, 2.45) is 0 Å². The molecule has 32 heavy (non-hydrogen) atoms. The molecule has 5 rings (SSSR count). The minimum Gasteiger partial charge on any atom is -0.367 e. The van der Waals surface area contributed by atoms with E-state index in [9.17, 15) is 4.79 Å². The minimum absolute atomic E-state index is 0.0152. The monoisotopic (exact) mass is 450 g/mol. The number of benzene rings is 1. The van der Waals surface area contributed by atoms with Crippen LogP contribution in [0.25, 0.3) is 22.1 Å². The van der Waals surface area contributed by atoms with E-state index in [4.69, 9.17) is 11.6 Å². The van der Waals surface area contributed by atoms with Crippen molar-refractivity contribution in [3.8, 4) is 0 Å². The normalized spacial score (nSPS) is 17.1. The fourth-order valence-corrected chi connectivity index (χ4v) is 4.66. The third-order valence-corrected chi connectivity index (χ3v) is 6.11. The topological polar surface area (TPSA) is 112 Å². The highest BCUT2D eigenvalue weighted by molar-refractivity contribution is 6.36. The number of nitrogens with one attached hydrogen (secondary N) is 3. The smallest absolute Gasteiger partial charge is 0.217 e. The molecule has 3 N–H and O–H groups in total. The Kier molecular flexibility index (Phi) is 5.26. The van der Waals surface area contributed by atoms with Crippen LogP contribution in [0.1, 0.15) is 31.9 Å². The summed E-state index contributed by atoms with van der Waals surface area (Å²) in [5, 5.41) is 8.07. The second kappa shape index (κ2) is 8.23. The summed E-state index contributed by atoms with van der Waals surface area (Å²) in [4.78, 5) is 34.4. The summed E-state index contributed by atoms with van der Waals surface area (Å²) < 4.78 is 0. The van der Waals surface area contributed by atoms with E-state index in [2.05, 4.69) is 47.4 Å². The number of amides is 1. The van der Waals surface area contributed by atoms with Crippen LogP contribution in [0.5, 0.6) is 0 Å². The van der Waals surface area contributed by atoms with Gasteiger partial charge in [-0.15, -0.1) is 0 Å². The van der Waals surface area contributed by atoms with Gasteiger partial charge in [-0.1, -0.05) is 11.6 Å². The number of pyridine rings is 1. The highest BCUT2D eigenvalue weighted by atomic mass is 35.5. The fraction of sp³-hybridized carbons (Fsp3) is 0.318. The van der Waals surface area contributed by atoms with Crippen molar-refractivity contribution in [1.82, 2.24) is 30.2 Å². The second-order valence-corrected chi connectivity index (χ2v) is 8.42. The lowest BCUT2D eigenvalue weighted by Crippen LogP contribution is -2.35. The number of halogens is 1. The predicted molar refractivity (Wildman–Crippen MR) is 125 cm³/mol. The first kappa shape index (κ1) is 20.4. The van der Waals surface area contributed by atoms with Crippen molar-refractivity contribution < 1.29 is 4.79 Å². The van der Waals surface area contributed by atoms with Crippen LogP contribution < -0.4 is 15.5 Å². The van der Waals surface area contributed by atoms with Gasteiger partial charge in [0.2, 0.25) is 5.91 Å². The average molecular weight is 451 g/mol. The third kappa shape index (κ3) is 3.69. The van der Waals surface area contributed by atoms with Gasteiger partial charge in [-0.05, 0) is 31.5 Å². The lowest BCUT2D eigenvalue weighted by molar-refractivity contribution is -0.119. The molecule has 1 aliphatic heterocycles. The highest BCUT2D eigenvalue weighted by Crippen LogP contribution is 2.40. The Morgan fingerprint density at radius 2 is 2.19 bits per heavy atom. The van der Waals surface area contributed by atoms with Gasteiger partial charge < -0.3 is 20.5 Å². The zero-order valence-electron chi connectivity index (χ0n) is 17.8. The molecule has 0 bridgehead atoms. The lowest BCUT2D eigenvalue weighted by atomic mass is 10.0. The number of aromatic nitrogens is 5. The van der Waals surface area contributed by atoms with E-state index in [1.807, 2.05) is 18.2 Å². The van der Waals surface area contributed by atoms with Crippen molar-refractivity contribution in [3.05, 3.63) is 47.6 Å². The summed E-state index contributed by atoms with van der Waals surface area (Å²) in [7, 11) is 0. The van der Waals surface area contributed by atoms with Gasteiger partial charge in [0.1, 0.15) is 11.8 Å². The molecule has 0 saturated carbocycles.